The van der Waals surface area contributed by atoms with Gasteiger partial charge in [0.05, 0.1) is 17.7 Å². The summed E-state index contributed by atoms with van der Waals surface area (Å²) < 4.78 is 12.4. The van der Waals surface area contributed by atoms with Crippen LogP contribution in [0.2, 0.25) is 0 Å². The molecule has 3 aromatic carbocycles. The van der Waals surface area contributed by atoms with Gasteiger partial charge in [-0.2, -0.15) is 0 Å². The first-order valence-corrected chi connectivity index (χ1v) is 10.8. The minimum Gasteiger partial charge on any atom is -0.493 e. The van der Waals surface area contributed by atoms with E-state index in [1.54, 1.807) is 7.11 Å². The molecule has 0 bridgehead atoms. The highest BCUT2D eigenvalue weighted by Gasteiger charge is 2.17. The predicted molar refractivity (Wildman–Crippen MR) is 124 cm³/mol. The number of ether oxygens (including phenoxy) is 2. The molecule has 0 fully saturated rings. The van der Waals surface area contributed by atoms with E-state index in [-0.39, 0.29) is 6.04 Å². The Kier molecular flexibility index (Phi) is 7.91. The van der Waals surface area contributed by atoms with E-state index in [0.717, 1.165) is 21.2 Å². The predicted octanol–water partition coefficient (Wildman–Crippen LogP) is 5.56. The Morgan fingerprint density at radius 1 is 1.00 bits per heavy atom. The summed E-state index contributed by atoms with van der Waals surface area (Å²) in [5.74, 6) is 1.35. The summed E-state index contributed by atoms with van der Waals surface area (Å²) in [7, 11) is 1.64. The van der Waals surface area contributed by atoms with Gasteiger partial charge in [-0.15, -0.1) is 0 Å². The van der Waals surface area contributed by atoms with Gasteiger partial charge in [0.1, 0.15) is 6.61 Å². The van der Waals surface area contributed by atoms with E-state index in [2.05, 4.69) is 52.4 Å². The number of halogens is 1. The van der Waals surface area contributed by atoms with Crippen LogP contribution >= 0.6 is 15.9 Å². The summed E-state index contributed by atoms with van der Waals surface area (Å²) in [6.07, 6.45) is -0.575. The van der Waals surface area contributed by atoms with Crippen LogP contribution in [0.5, 0.6) is 11.5 Å². The smallest absolute Gasteiger partial charge is 0.175 e. The van der Waals surface area contributed by atoms with Crippen molar-refractivity contribution >= 4 is 15.9 Å². The largest absolute Gasteiger partial charge is 0.493 e. The van der Waals surface area contributed by atoms with E-state index in [0.29, 0.717) is 24.7 Å². The van der Waals surface area contributed by atoms with Crippen molar-refractivity contribution in [3.05, 3.63) is 93.5 Å². The van der Waals surface area contributed by atoms with Gasteiger partial charge in [0, 0.05) is 12.6 Å². The average Bonchev–Trinajstić information content (AvgIpc) is 2.77. The standard InChI is InChI=1S/C25H28BrNO3/c1-17-9-11-19(12-10-17)16-30-25-22(26)13-20(14-23(25)29-3)15-27-18(2)24(28)21-7-5-4-6-8-21/h4-14,18,24,27-28H,15-16H2,1-3H3. The van der Waals surface area contributed by atoms with Crippen LogP contribution in [0.15, 0.2) is 71.2 Å². The van der Waals surface area contributed by atoms with Crippen molar-refractivity contribution in [3.63, 3.8) is 0 Å². The van der Waals surface area contributed by atoms with E-state index < -0.39 is 6.10 Å². The normalized spacial score (nSPS) is 13.0. The van der Waals surface area contributed by atoms with E-state index in [1.807, 2.05) is 49.4 Å². The molecule has 2 atom stereocenters. The molecule has 0 amide bonds. The number of hydrogen-bond acceptors (Lipinski definition) is 4. The van der Waals surface area contributed by atoms with Gasteiger partial charge < -0.3 is 19.9 Å². The lowest BCUT2D eigenvalue weighted by Crippen LogP contribution is -2.31. The lowest BCUT2D eigenvalue weighted by Gasteiger charge is -2.21. The molecule has 158 valence electrons. The monoisotopic (exact) mass is 469 g/mol. The number of aliphatic hydroxyl groups excluding tert-OH is 1. The summed E-state index contributed by atoms with van der Waals surface area (Å²) in [4.78, 5) is 0. The highest BCUT2D eigenvalue weighted by molar-refractivity contribution is 9.10. The summed E-state index contributed by atoms with van der Waals surface area (Å²) in [5, 5.41) is 13.9. The maximum Gasteiger partial charge on any atom is 0.175 e. The molecular weight excluding hydrogens is 442 g/mol. The maximum absolute atomic E-state index is 10.5. The molecule has 0 spiro atoms. The Morgan fingerprint density at radius 3 is 2.37 bits per heavy atom. The summed E-state index contributed by atoms with van der Waals surface area (Å²) in [6, 6.07) is 21.8. The fourth-order valence-electron chi connectivity index (χ4n) is 3.18. The molecule has 0 radical (unpaired) electrons. The Hall–Kier alpha value is -2.34. The first kappa shape index (κ1) is 22.3. The van der Waals surface area contributed by atoms with Crippen molar-refractivity contribution in [1.82, 2.24) is 5.32 Å². The topological polar surface area (TPSA) is 50.7 Å². The van der Waals surface area contributed by atoms with Crippen LogP contribution in [-0.2, 0) is 13.2 Å². The highest BCUT2D eigenvalue weighted by Crippen LogP contribution is 2.37. The van der Waals surface area contributed by atoms with Crippen LogP contribution in [0, 0.1) is 6.92 Å². The van der Waals surface area contributed by atoms with Crippen LogP contribution in [0.25, 0.3) is 0 Å². The van der Waals surface area contributed by atoms with Crippen LogP contribution in [0.1, 0.15) is 35.3 Å². The second-order valence-electron chi connectivity index (χ2n) is 7.41. The molecule has 30 heavy (non-hydrogen) atoms. The molecule has 0 saturated heterocycles. The number of rotatable bonds is 9. The Bertz CT molecular complexity index is 945. The maximum atomic E-state index is 10.5. The molecule has 0 aliphatic rings. The van der Waals surface area contributed by atoms with Gasteiger partial charge in [-0.1, -0.05) is 60.2 Å². The Labute approximate surface area is 187 Å². The molecular formula is C25H28BrNO3. The Morgan fingerprint density at radius 2 is 1.70 bits per heavy atom. The third kappa shape index (κ3) is 5.85. The number of aryl methyl sites for hydroxylation is 1. The van der Waals surface area contributed by atoms with Gasteiger partial charge in [0.25, 0.3) is 0 Å². The summed E-state index contributed by atoms with van der Waals surface area (Å²) in [5.41, 5.74) is 4.26. The van der Waals surface area contributed by atoms with Crippen molar-refractivity contribution in [2.75, 3.05) is 7.11 Å². The van der Waals surface area contributed by atoms with Crippen molar-refractivity contribution in [1.29, 1.82) is 0 Å². The van der Waals surface area contributed by atoms with Crippen LogP contribution in [0.4, 0.5) is 0 Å². The number of hydrogen-bond donors (Lipinski definition) is 2. The number of methoxy groups -OCH3 is 1. The third-order valence-corrected chi connectivity index (χ3v) is 5.62. The first-order chi connectivity index (χ1) is 14.5. The summed E-state index contributed by atoms with van der Waals surface area (Å²) >= 11 is 3.61. The Balaban J connectivity index is 1.65. The molecule has 2 N–H and O–H groups in total. The zero-order valence-electron chi connectivity index (χ0n) is 17.6. The molecule has 0 aromatic heterocycles. The number of nitrogens with one attached hydrogen (secondary N) is 1. The average molecular weight is 470 g/mol. The minimum atomic E-state index is -0.575. The number of aliphatic hydroxyl groups is 1. The van der Waals surface area contributed by atoms with Crippen molar-refractivity contribution < 1.29 is 14.6 Å². The SMILES string of the molecule is COc1cc(CNC(C)C(O)c2ccccc2)cc(Br)c1OCc1ccc(C)cc1. The van der Waals surface area contributed by atoms with E-state index in [9.17, 15) is 5.11 Å². The minimum absolute atomic E-state index is 0.102. The van der Waals surface area contributed by atoms with Crippen molar-refractivity contribution in [2.45, 2.75) is 39.1 Å². The van der Waals surface area contributed by atoms with Crippen LogP contribution < -0.4 is 14.8 Å². The summed E-state index contributed by atoms with van der Waals surface area (Å²) in [6.45, 7) is 5.10. The third-order valence-electron chi connectivity index (χ3n) is 5.04. The van der Waals surface area contributed by atoms with Crippen molar-refractivity contribution in [2.24, 2.45) is 0 Å². The van der Waals surface area contributed by atoms with Gasteiger partial charge >= 0.3 is 0 Å². The van der Waals surface area contributed by atoms with Crippen LogP contribution in [-0.4, -0.2) is 18.3 Å². The lowest BCUT2D eigenvalue weighted by molar-refractivity contribution is 0.135. The molecule has 4 nitrogen and oxygen atoms in total. The zero-order chi connectivity index (χ0) is 21.5. The van der Waals surface area contributed by atoms with E-state index in [1.165, 1.54) is 5.56 Å². The van der Waals surface area contributed by atoms with Gasteiger partial charge in [0.15, 0.2) is 11.5 Å². The second-order valence-corrected chi connectivity index (χ2v) is 8.26. The van der Waals surface area contributed by atoms with Gasteiger partial charge in [-0.25, -0.2) is 0 Å². The van der Waals surface area contributed by atoms with Crippen molar-refractivity contribution in [3.8, 4) is 11.5 Å². The molecule has 0 aliphatic carbocycles. The molecule has 0 saturated carbocycles. The van der Waals surface area contributed by atoms with Gasteiger partial charge in [0.2, 0.25) is 0 Å². The van der Waals surface area contributed by atoms with Gasteiger partial charge in [-0.3, -0.25) is 0 Å². The van der Waals surface area contributed by atoms with Crippen LogP contribution in [0.3, 0.4) is 0 Å². The fourth-order valence-corrected chi connectivity index (χ4v) is 3.79. The quantitative estimate of drug-likeness (QED) is 0.430. The first-order valence-electron chi connectivity index (χ1n) is 9.99. The van der Waals surface area contributed by atoms with Gasteiger partial charge in [-0.05, 0) is 58.6 Å². The number of benzene rings is 3. The highest BCUT2D eigenvalue weighted by atomic mass is 79.9. The second kappa shape index (κ2) is 10.6. The van der Waals surface area contributed by atoms with E-state index in [4.69, 9.17) is 9.47 Å². The molecule has 3 rings (SSSR count). The zero-order valence-corrected chi connectivity index (χ0v) is 19.1. The molecule has 5 heteroatoms. The lowest BCUT2D eigenvalue weighted by atomic mass is 10.0. The van der Waals surface area contributed by atoms with E-state index >= 15 is 0 Å². The molecule has 2 unspecified atom stereocenters. The molecule has 0 aliphatic heterocycles. The molecule has 0 heterocycles. The fraction of sp³-hybridized carbons (Fsp3) is 0.280. The molecule has 3 aromatic rings.